The number of pyridine rings is 1. The van der Waals surface area contributed by atoms with Gasteiger partial charge < -0.3 is 15.8 Å². The van der Waals surface area contributed by atoms with Crippen molar-refractivity contribution in [3.8, 4) is 0 Å². The smallest absolute Gasteiger partial charge is 0.256 e. The Labute approximate surface area is 134 Å². The fourth-order valence-corrected chi connectivity index (χ4v) is 1.99. The average Bonchev–Trinajstić information content (AvgIpc) is 2.49. The van der Waals surface area contributed by atoms with E-state index in [2.05, 4.69) is 10.6 Å². The third-order valence-corrected chi connectivity index (χ3v) is 3.08. The van der Waals surface area contributed by atoms with Gasteiger partial charge in [-0.1, -0.05) is 13.8 Å². The Balaban J connectivity index is 1.95. The van der Waals surface area contributed by atoms with Crippen LogP contribution in [0.4, 0.5) is 11.4 Å². The Morgan fingerprint density at radius 3 is 2.04 bits per heavy atom. The van der Waals surface area contributed by atoms with Crippen LogP contribution in [0.1, 0.15) is 30.6 Å². The minimum atomic E-state index is -0.304. The molecule has 1 heterocycles. The van der Waals surface area contributed by atoms with Gasteiger partial charge in [-0.05, 0) is 30.2 Å². The first-order valence-electron chi connectivity index (χ1n) is 7.34. The molecule has 0 fully saturated rings. The molecule has 0 atom stereocenters. The highest BCUT2D eigenvalue weighted by Gasteiger charge is 2.08. The summed E-state index contributed by atoms with van der Waals surface area (Å²) in [4.78, 5) is 23.7. The second-order valence-corrected chi connectivity index (χ2v) is 5.62. The number of carbonyl (C=O) groups excluding carboxylic acids is 2. The molecule has 2 rings (SSSR count). The lowest BCUT2D eigenvalue weighted by atomic mass is 10.1. The van der Waals surface area contributed by atoms with Crippen LogP contribution in [0, 0.1) is 11.1 Å². The lowest BCUT2D eigenvalue weighted by molar-refractivity contribution is -0.605. The molecule has 0 unspecified atom stereocenters. The summed E-state index contributed by atoms with van der Waals surface area (Å²) in [6, 6.07) is 9.76. The van der Waals surface area contributed by atoms with Crippen molar-refractivity contribution in [3.05, 3.63) is 59.6 Å². The van der Waals surface area contributed by atoms with Crippen molar-refractivity contribution in [1.29, 1.82) is 0 Å². The van der Waals surface area contributed by atoms with Gasteiger partial charge in [-0.15, -0.1) is 0 Å². The van der Waals surface area contributed by atoms with E-state index in [9.17, 15) is 14.8 Å². The molecule has 0 spiro atoms. The first-order valence-corrected chi connectivity index (χ1v) is 7.34. The van der Waals surface area contributed by atoms with Gasteiger partial charge in [0.2, 0.25) is 5.91 Å². The molecular formula is C17H19N3O3. The standard InChI is InChI=1S/C17H19N3O3/c1-12(2)11-16(21)18-14-3-5-15(6-4-14)19-17(22)13-7-9-20(23)10-8-13/h3-10,12H,11H2,1-2H3,(H,18,21)(H,19,22). The molecule has 2 amide bonds. The van der Waals surface area contributed by atoms with Gasteiger partial charge in [0, 0.05) is 29.9 Å². The lowest BCUT2D eigenvalue weighted by Crippen LogP contribution is -2.25. The second kappa shape index (κ2) is 7.40. The van der Waals surface area contributed by atoms with Crippen LogP contribution in [0.15, 0.2) is 48.8 Å². The number of nitrogens with one attached hydrogen (secondary N) is 2. The lowest BCUT2D eigenvalue weighted by Gasteiger charge is -2.09. The van der Waals surface area contributed by atoms with E-state index in [1.54, 1.807) is 24.3 Å². The summed E-state index contributed by atoms with van der Waals surface area (Å²) in [6.07, 6.45) is 3.00. The third-order valence-electron chi connectivity index (χ3n) is 3.08. The molecule has 2 N–H and O–H groups in total. The van der Waals surface area contributed by atoms with Crippen molar-refractivity contribution in [3.63, 3.8) is 0 Å². The summed E-state index contributed by atoms with van der Waals surface area (Å²) in [5.41, 5.74) is 1.68. The zero-order valence-electron chi connectivity index (χ0n) is 13.1. The topological polar surface area (TPSA) is 85.1 Å². The van der Waals surface area contributed by atoms with Crippen LogP contribution in [0.25, 0.3) is 0 Å². The number of anilines is 2. The van der Waals surface area contributed by atoms with Crippen LogP contribution in [-0.4, -0.2) is 11.8 Å². The van der Waals surface area contributed by atoms with Gasteiger partial charge in [0.1, 0.15) is 0 Å². The summed E-state index contributed by atoms with van der Waals surface area (Å²) < 4.78 is 0.616. The molecule has 0 aliphatic carbocycles. The number of aromatic nitrogens is 1. The number of amides is 2. The molecule has 0 bridgehead atoms. The highest BCUT2D eigenvalue weighted by Crippen LogP contribution is 2.15. The van der Waals surface area contributed by atoms with E-state index < -0.39 is 0 Å². The van der Waals surface area contributed by atoms with Gasteiger partial charge in [-0.2, -0.15) is 4.73 Å². The average molecular weight is 313 g/mol. The molecule has 6 heteroatoms. The van der Waals surface area contributed by atoms with Crippen molar-refractivity contribution in [2.24, 2.45) is 5.92 Å². The maximum Gasteiger partial charge on any atom is 0.256 e. The van der Waals surface area contributed by atoms with Crippen molar-refractivity contribution in [1.82, 2.24) is 0 Å². The Morgan fingerprint density at radius 2 is 1.52 bits per heavy atom. The van der Waals surface area contributed by atoms with Gasteiger partial charge >= 0.3 is 0 Å². The number of rotatable bonds is 5. The third kappa shape index (κ3) is 5.10. The minimum Gasteiger partial charge on any atom is -0.619 e. The first kappa shape index (κ1) is 16.5. The minimum absolute atomic E-state index is 0.0352. The maximum atomic E-state index is 12.0. The quantitative estimate of drug-likeness (QED) is 0.657. The van der Waals surface area contributed by atoms with Crippen molar-refractivity contribution in [2.75, 3.05) is 10.6 Å². The number of hydrogen-bond acceptors (Lipinski definition) is 3. The molecule has 1 aromatic heterocycles. The zero-order chi connectivity index (χ0) is 16.8. The number of carbonyl (C=O) groups is 2. The molecule has 0 saturated heterocycles. The highest BCUT2D eigenvalue weighted by molar-refractivity contribution is 6.04. The van der Waals surface area contributed by atoms with Crippen LogP contribution in [0.3, 0.4) is 0 Å². The van der Waals surface area contributed by atoms with Crippen molar-refractivity contribution < 1.29 is 14.3 Å². The van der Waals surface area contributed by atoms with Gasteiger partial charge in [-0.25, -0.2) is 0 Å². The molecule has 0 saturated carbocycles. The van der Waals surface area contributed by atoms with Crippen LogP contribution in [0.2, 0.25) is 0 Å². The summed E-state index contributed by atoms with van der Waals surface area (Å²) in [5, 5.41) is 16.5. The van der Waals surface area contributed by atoms with Crippen molar-refractivity contribution in [2.45, 2.75) is 20.3 Å². The Kier molecular flexibility index (Phi) is 5.30. The molecule has 6 nitrogen and oxygen atoms in total. The van der Waals surface area contributed by atoms with Gasteiger partial charge in [0.25, 0.3) is 5.91 Å². The molecule has 0 aliphatic heterocycles. The van der Waals surface area contributed by atoms with Gasteiger partial charge in [0.05, 0.1) is 5.56 Å². The Hall–Kier alpha value is -2.89. The van der Waals surface area contributed by atoms with Gasteiger partial charge in [0.15, 0.2) is 12.4 Å². The predicted molar refractivity (Wildman–Crippen MR) is 87.9 cm³/mol. The van der Waals surface area contributed by atoms with Crippen LogP contribution < -0.4 is 15.4 Å². The van der Waals surface area contributed by atoms with E-state index in [-0.39, 0.29) is 11.8 Å². The van der Waals surface area contributed by atoms with Gasteiger partial charge in [-0.3, -0.25) is 9.59 Å². The summed E-state index contributed by atoms with van der Waals surface area (Å²) in [6.45, 7) is 3.96. The summed E-state index contributed by atoms with van der Waals surface area (Å²) in [7, 11) is 0. The molecular weight excluding hydrogens is 294 g/mol. The second-order valence-electron chi connectivity index (χ2n) is 5.62. The van der Waals surface area contributed by atoms with Crippen LogP contribution >= 0.6 is 0 Å². The SMILES string of the molecule is CC(C)CC(=O)Nc1ccc(NC(=O)c2cc[n+]([O-])cc2)cc1. The van der Waals surface area contributed by atoms with Crippen LogP contribution in [-0.2, 0) is 4.79 Å². The highest BCUT2D eigenvalue weighted by atomic mass is 16.5. The van der Waals surface area contributed by atoms with Crippen LogP contribution in [0.5, 0.6) is 0 Å². The zero-order valence-corrected chi connectivity index (χ0v) is 13.1. The molecule has 2 aromatic rings. The van der Waals surface area contributed by atoms with E-state index in [1.807, 2.05) is 13.8 Å². The van der Waals surface area contributed by atoms with E-state index in [0.29, 0.717) is 34.0 Å². The normalized spacial score (nSPS) is 10.4. The fourth-order valence-electron chi connectivity index (χ4n) is 1.99. The maximum absolute atomic E-state index is 12.0. The number of nitrogens with zero attached hydrogens (tertiary/aromatic N) is 1. The number of hydrogen-bond donors (Lipinski definition) is 2. The predicted octanol–water partition coefficient (Wildman–Crippen LogP) is 2.56. The van der Waals surface area contributed by atoms with E-state index in [1.165, 1.54) is 24.5 Å². The molecule has 0 radical (unpaired) electrons. The van der Waals surface area contributed by atoms with E-state index in [0.717, 1.165) is 0 Å². The van der Waals surface area contributed by atoms with E-state index in [4.69, 9.17) is 0 Å². The molecule has 0 aliphatic rings. The molecule has 120 valence electrons. The van der Waals surface area contributed by atoms with Crippen molar-refractivity contribution >= 4 is 23.2 Å². The summed E-state index contributed by atoms with van der Waals surface area (Å²) in [5.74, 6) is -0.0404. The molecule has 23 heavy (non-hydrogen) atoms. The largest absolute Gasteiger partial charge is 0.619 e. The Morgan fingerprint density at radius 1 is 1.00 bits per heavy atom. The summed E-state index contributed by atoms with van der Waals surface area (Å²) >= 11 is 0. The van der Waals surface area contributed by atoms with E-state index >= 15 is 0 Å². The molecule has 1 aromatic carbocycles. The Bertz CT molecular complexity index is 679. The fraction of sp³-hybridized carbons (Fsp3) is 0.235. The first-order chi connectivity index (χ1) is 10.9. The monoisotopic (exact) mass is 313 g/mol. The number of benzene rings is 1.